The van der Waals surface area contributed by atoms with Crippen LogP contribution in [0.25, 0.3) is 0 Å². The summed E-state index contributed by atoms with van der Waals surface area (Å²) in [6, 6.07) is 10.6. The van der Waals surface area contributed by atoms with Crippen LogP contribution >= 0.6 is 0 Å². The molecule has 0 saturated heterocycles. The Kier molecular flexibility index (Phi) is 13.0. The monoisotopic (exact) mass is 306 g/mol. The third-order valence-electron chi connectivity index (χ3n) is 3.54. The van der Waals surface area contributed by atoms with E-state index < -0.39 is 0 Å². The number of nitrogens with one attached hydrogen (secondary N) is 4. The van der Waals surface area contributed by atoms with Gasteiger partial charge in [-0.05, 0) is 70.6 Å². The zero-order valence-corrected chi connectivity index (χ0v) is 14.2. The van der Waals surface area contributed by atoms with Gasteiger partial charge in [0.2, 0.25) is 0 Å². The first kappa shape index (κ1) is 19.1. The minimum Gasteiger partial charge on any atom is -0.317 e. The molecule has 0 fully saturated rings. The van der Waals surface area contributed by atoms with Crippen molar-refractivity contribution in [3.63, 3.8) is 0 Å². The lowest BCUT2D eigenvalue weighted by molar-refractivity contribution is 0.554. The molecule has 0 spiro atoms. The van der Waals surface area contributed by atoms with E-state index in [0.29, 0.717) is 0 Å². The molecular weight excluding hydrogens is 272 g/mol. The number of benzene rings is 1. The smallest absolute Gasteiger partial charge is 0.0205 e. The van der Waals surface area contributed by atoms with Gasteiger partial charge in [-0.25, -0.2) is 0 Å². The van der Waals surface area contributed by atoms with Crippen molar-refractivity contribution in [2.75, 3.05) is 45.8 Å². The third kappa shape index (κ3) is 11.7. The molecule has 126 valence electrons. The molecule has 1 rings (SSSR count). The van der Waals surface area contributed by atoms with Crippen LogP contribution in [-0.4, -0.2) is 45.8 Å². The Labute approximate surface area is 136 Å². The van der Waals surface area contributed by atoms with Crippen LogP contribution in [0, 0.1) is 0 Å². The molecule has 0 saturated carbocycles. The summed E-state index contributed by atoms with van der Waals surface area (Å²) in [5, 5.41) is 13.8. The van der Waals surface area contributed by atoms with Gasteiger partial charge in [-0.1, -0.05) is 37.3 Å². The van der Waals surface area contributed by atoms with Crippen LogP contribution in [0.5, 0.6) is 0 Å². The Morgan fingerprint density at radius 1 is 0.636 bits per heavy atom. The van der Waals surface area contributed by atoms with Crippen molar-refractivity contribution in [2.24, 2.45) is 0 Å². The van der Waals surface area contributed by atoms with Crippen molar-refractivity contribution >= 4 is 0 Å². The van der Waals surface area contributed by atoms with E-state index in [4.69, 9.17) is 0 Å². The van der Waals surface area contributed by atoms with Gasteiger partial charge in [-0.2, -0.15) is 0 Å². The molecule has 0 aliphatic rings. The Bertz CT molecular complexity index is 329. The lowest BCUT2D eigenvalue weighted by Crippen LogP contribution is -2.26. The van der Waals surface area contributed by atoms with Gasteiger partial charge < -0.3 is 21.3 Å². The van der Waals surface area contributed by atoms with Gasteiger partial charge in [0.1, 0.15) is 0 Å². The molecule has 0 amide bonds. The molecule has 4 N–H and O–H groups in total. The summed E-state index contributed by atoms with van der Waals surface area (Å²) in [6.07, 6.45) is 3.61. The Morgan fingerprint density at radius 2 is 1.14 bits per heavy atom. The average Bonchev–Trinajstić information content (AvgIpc) is 2.56. The molecule has 4 nitrogen and oxygen atoms in total. The van der Waals surface area contributed by atoms with Crippen LogP contribution < -0.4 is 21.3 Å². The van der Waals surface area contributed by atoms with Crippen LogP contribution in [0.3, 0.4) is 0 Å². The summed E-state index contributed by atoms with van der Waals surface area (Å²) < 4.78 is 0. The second-order valence-corrected chi connectivity index (χ2v) is 5.58. The van der Waals surface area contributed by atoms with E-state index in [1.54, 1.807) is 0 Å². The quantitative estimate of drug-likeness (QED) is 0.373. The largest absolute Gasteiger partial charge is 0.317 e. The molecule has 0 aromatic heterocycles. The molecule has 4 heteroatoms. The highest BCUT2D eigenvalue weighted by Crippen LogP contribution is 1.96. The summed E-state index contributed by atoms with van der Waals surface area (Å²) in [6.45, 7) is 10.8. The number of hydrogen-bond acceptors (Lipinski definition) is 4. The molecule has 1 aromatic carbocycles. The fourth-order valence-electron chi connectivity index (χ4n) is 2.27. The maximum absolute atomic E-state index is 3.50. The van der Waals surface area contributed by atoms with Crippen LogP contribution in [0.1, 0.15) is 31.7 Å². The maximum Gasteiger partial charge on any atom is 0.0205 e. The van der Waals surface area contributed by atoms with Gasteiger partial charge in [0.25, 0.3) is 0 Å². The first-order valence-electron chi connectivity index (χ1n) is 8.80. The van der Waals surface area contributed by atoms with Gasteiger partial charge in [-0.3, -0.25) is 0 Å². The predicted molar refractivity (Wildman–Crippen MR) is 96.3 cm³/mol. The normalized spacial score (nSPS) is 11.0. The molecule has 0 heterocycles. The molecule has 0 aliphatic carbocycles. The van der Waals surface area contributed by atoms with E-state index in [1.807, 2.05) is 0 Å². The molecular formula is C18H34N4. The fraction of sp³-hybridized carbons (Fsp3) is 0.667. The van der Waals surface area contributed by atoms with Crippen LogP contribution in [0.15, 0.2) is 30.3 Å². The summed E-state index contributed by atoms with van der Waals surface area (Å²) in [5.41, 5.74) is 1.36. The molecule has 0 atom stereocenters. The van der Waals surface area contributed by atoms with Crippen molar-refractivity contribution < 1.29 is 0 Å². The number of rotatable bonds is 15. The Hall–Kier alpha value is -0.940. The third-order valence-corrected chi connectivity index (χ3v) is 3.54. The molecule has 0 radical (unpaired) electrons. The first-order chi connectivity index (χ1) is 10.9. The second-order valence-electron chi connectivity index (χ2n) is 5.58. The minimum absolute atomic E-state index is 0.970. The summed E-state index contributed by atoms with van der Waals surface area (Å²) in [4.78, 5) is 0. The van der Waals surface area contributed by atoms with Crippen molar-refractivity contribution in [2.45, 2.75) is 32.7 Å². The molecule has 0 bridgehead atoms. The van der Waals surface area contributed by atoms with Crippen molar-refractivity contribution in [3.05, 3.63) is 35.9 Å². The molecule has 1 aromatic rings. The predicted octanol–water partition coefficient (Wildman–Crippen LogP) is 1.74. The standard InChI is InChI=1S/C18H34N4/c1-2-19-11-6-12-20-13-7-14-21-15-8-16-22-17-18-9-4-3-5-10-18/h3-5,9-10,19-22H,2,6-8,11-17H2,1H3. The van der Waals surface area contributed by atoms with Gasteiger partial charge in [0.05, 0.1) is 0 Å². The van der Waals surface area contributed by atoms with Gasteiger partial charge in [0.15, 0.2) is 0 Å². The van der Waals surface area contributed by atoms with Gasteiger partial charge in [-0.15, -0.1) is 0 Å². The summed E-state index contributed by atoms with van der Waals surface area (Å²) in [5.74, 6) is 0. The maximum atomic E-state index is 3.50. The van der Waals surface area contributed by atoms with Crippen LogP contribution in [0.4, 0.5) is 0 Å². The van der Waals surface area contributed by atoms with E-state index in [9.17, 15) is 0 Å². The Balaban J connectivity index is 1.73. The topological polar surface area (TPSA) is 48.1 Å². The van der Waals surface area contributed by atoms with Gasteiger partial charge >= 0.3 is 0 Å². The minimum atomic E-state index is 0.970. The fourth-order valence-corrected chi connectivity index (χ4v) is 2.27. The van der Waals surface area contributed by atoms with E-state index in [2.05, 4.69) is 58.5 Å². The van der Waals surface area contributed by atoms with Crippen molar-refractivity contribution in [3.8, 4) is 0 Å². The molecule has 0 unspecified atom stereocenters. The Morgan fingerprint density at radius 3 is 1.68 bits per heavy atom. The molecule has 22 heavy (non-hydrogen) atoms. The highest BCUT2D eigenvalue weighted by molar-refractivity contribution is 5.14. The average molecular weight is 306 g/mol. The lowest BCUT2D eigenvalue weighted by atomic mass is 10.2. The molecule has 0 aliphatic heterocycles. The van der Waals surface area contributed by atoms with Crippen LogP contribution in [-0.2, 0) is 6.54 Å². The first-order valence-corrected chi connectivity index (χ1v) is 8.80. The van der Waals surface area contributed by atoms with E-state index in [0.717, 1.165) is 52.4 Å². The highest BCUT2D eigenvalue weighted by atomic mass is 14.9. The van der Waals surface area contributed by atoms with Crippen molar-refractivity contribution in [1.29, 1.82) is 0 Å². The lowest BCUT2D eigenvalue weighted by Gasteiger charge is -2.07. The SMILES string of the molecule is CCNCCCNCCCNCCCNCc1ccccc1. The zero-order valence-electron chi connectivity index (χ0n) is 14.2. The summed E-state index contributed by atoms with van der Waals surface area (Å²) in [7, 11) is 0. The van der Waals surface area contributed by atoms with E-state index >= 15 is 0 Å². The summed E-state index contributed by atoms with van der Waals surface area (Å²) >= 11 is 0. The van der Waals surface area contributed by atoms with Crippen molar-refractivity contribution in [1.82, 2.24) is 21.3 Å². The number of hydrogen-bond donors (Lipinski definition) is 4. The van der Waals surface area contributed by atoms with Crippen LogP contribution in [0.2, 0.25) is 0 Å². The zero-order chi connectivity index (χ0) is 15.7. The second kappa shape index (κ2) is 15.0. The highest BCUT2D eigenvalue weighted by Gasteiger charge is 1.92. The van der Waals surface area contributed by atoms with E-state index in [-0.39, 0.29) is 0 Å². The van der Waals surface area contributed by atoms with E-state index in [1.165, 1.54) is 24.8 Å². The van der Waals surface area contributed by atoms with Gasteiger partial charge in [0, 0.05) is 6.54 Å².